The van der Waals surface area contributed by atoms with Gasteiger partial charge in [-0.15, -0.1) is 0 Å². The molecule has 1 aromatic carbocycles. The summed E-state index contributed by atoms with van der Waals surface area (Å²) < 4.78 is 24.6. The molecule has 4 rings (SSSR count). The van der Waals surface area contributed by atoms with Gasteiger partial charge in [0.25, 0.3) is 0 Å². The lowest BCUT2D eigenvalue weighted by molar-refractivity contribution is 0.503. The highest BCUT2D eigenvalue weighted by atomic mass is 19.2. The van der Waals surface area contributed by atoms with Crippen molar-refractivity contribution in [3.63, 3.8) is 0 Å². The second kappa shape index (κ2) is 9.52. The fraction of sp³-hybridized carbons (Fsp3) is 0.263. The molecule has 1 fully saturated rings. The van der Waals surface area contributed by atoms with Crippen LogP contribution in [0.5, 0.6) is 0 Å². The van der Waals surface area contributed by atoms with Gasteiger partial charge in [-0.3, -0.25) is 0 Å². The molecule has 0 atom stereocenters. The third kappa shape index (κ3) is 6.71. The van der Waals surface area contributed by atoms with Crippen LogP contribution in [0.3, 0.4) is 0 Å². The normalized spacial score (nSPS) is 12.3. The molecule has 0 spiro atoms. The SMILES string of the molecule is CC1CC1.Cc1cccc(F)c1F.c1cnc(-c2ncccn2)nc1. The lowest BCUT2D eigenvalue weighted by atomic mass is 10.2. The van der Waals surface area contributed by atoms with Gasteiger partial charge in [0.05, 0.1) is 0 Å². The molecule has 0 bridgehead atoms. The zero-order valence-electron chi connectivity index (χ0n) is 14.2. The largest absolute Gasteiger partial charge is 0.234 e. The van der Waals surface area contributed by atoms with Crippen LogP contribution in [0.25, 0.3) is 11.6 Å². The van der Waals surface area contributed by atoms with E-state index in [1.54, 1.807) is 36.9 Å². The molecule has 0 N–H and O–H groups in total. The Kier molecular flexibility index (Phi) is 7.07. The van der Waals surface area contributed by atoms with Gasteiger partial charge in [-0.05, 0) is 36.6 Å². The summed E-state index contributed by atoms with van der Waals surface area (Å²) in [7, 11) is 0. The Bertz CT molecular complexity index is 705. The van der Waals surface area contributed by atoms with Gasteiger partial charge in [0, 0.05) is 24.8 Å². The van der Waals surface area contributed by atoms with E-state index in [1.165, 1.54) is 31.9 Å². The quantitative estimate of drug-likeness (QED) is 0.647. The van der Waals surface area contributed by atoms with E-state index < -0.39 is 11.6 Å². The molecule has 4 nitrogen and oxygen atoms in total. The summed E-state index contributed by atoms with van der Waals surface area (Å²) >= 11 is 0. The molecule has 0 amide bonds. The lowest BCUT2D eigenvalue weighted by Crippen LogP contribution is -1.91. The summed E-state index contributed by atoms with van der Waals surface area (Å²) in [6.45, 7) is 3.80. The number of hydrogen-bond donors (Lipinski definition) is 0. The number of hydrogen-bond acceptors (Lipinski definition) is 4. The number of benzene rings is 1. The number of halogens is 2. The number of rotatable bonds is 1. The van der Waals surface area contributed by atoms with E-state index in [2.05, 4.69) is 26.9 Å². The van der Waals surface area contributed by atoms with Crippen molar-refractivity contribution in [3.05, 3.63) is 72.3 Å². The number of aromatic nitrogens is 4. The first-order chi connectivity index (χ1) is 12.1. The first-order valence-corrected chi connectivity index (χ1v) is 8.03. The Hall–Kier alpha value is -2.76. The Morgan fingerprint density at radius 2 is 1.24 bits per heavy atom. The van der Waals surface area contributed by atoms with E-state index in [-0.39, 0.29) is 0 Å². The third-order valence-corrected chi connectivity index (χ3v) is 3.34. The maximum Gasteiger partial charge on any atom is 0.197 e. The van der Waals surface area contributed by atoms with Crippen molar-refractivity contribution in [2.75, 3.05) is 0 Å². The predicted molar refractivity (Wildman–Crippen MR) is 92.6 cm³/mol. The van der Waals surface area contributed by atoms with Crippen LogP contribution in [0.1, 0.15) is 25.3 Å². The highest BCUT2D eigenvalue weighted by molar-refractivity contribution is 5.40. The Morgan fingerprint density at radius 1 is 0.800 bits per heavy atom. The van der Waals surface area contributed by atoms with Gasteiger partial charge >= 0.3 is 0 Å². The fourth-order valence-electron chi connectivity index (χ4n) is 1.61. The average molecular weight is 342 g/mol. The predicted octanol–water partition coefficient (Wildman–Crippen LogP) is 4.62. The Balaban J connectivity index is 0.000000152. The molecule has 130 valence electrons. The summed E-state index contributed by atoms with van der Waals surface area (Å²) in [5.74, 6) is 0.656. The van der Waals surface area contributed by atoms with Crippen LogP contribution in [0, 0.1) is 24.5 Å². The van der Waals surface area contributed by atoms with Crippen molar-refractivity contribution in [1.29, 1.82) is 0 Å². The zero-order valence-corrected chi connectivity index (χ0v) is 14.2. The maximum atomic E-state index is 12.4. The van der Waals surface area contributed by atoms with Gasteiger partial charge < -0.3 is 0 Å². The van der Waals surface area contributed by atoms with E-state index >= 15 is 0 Å². The average Bonchev–Trinajstić information content (AvgIpc) is 3.44. The van der Waals surface area contributed by atoms with Crippen LogP contribution in [-0.4, -0.2) is 19.9 Å². The van der Waals surface area contributed by atoms with Crippen LogP contribution in [0.2, 0.25) is 0 Å². The molecule has 1 aliphatic rings. The minimum Gasteiger partial charge on any atom is -0.234 e. The van der Waals surface area contributed by atoms with E-state index in [1.807, 2.05) is 0 Å². The Morgan fingerprint density at radius 3 is 1.56 bits per heavy atom. The second-order valence-corrected chi connectivity index (χ2v) is 5.70. The molecule has 2 aromatic heterocycles. The summed E-state index contributed by atoms with van der Waals surface area (Å²) in [5.41, 5.74) is 0.343. The van der Waals surface area contributed by atoms with E-state index in [9.17, 15) is 8.78 Å². The second-order valence-electron chi connectivity index (χ2n) is 5.70. The first-order valence-electron chi connectivity index (χ1n) is 8.03. The highest BCUT2D eigenvalue weighted by Gasteiger charge is 2.12. The molecule has 1 aliphatic carbocycles. The van der Waals surface area contributed by atoms with Gasteiger partial charge in [0.2, 0.25) is 0 Å². The molecular formula is C19H20F2N4. The van der Waals surface area contributed by atoms with Crippen LogP contribution in [0.4, 0.5) is 8.78 Å². The summed E-state index contributed by atoms with van der Waals surface area (Å²) in [6.07, 6.45) is 9.63. The van der Waals surface area contributed by atoms with Crippen molar-refractivity contribution in [2.45, 2.75) is 26.7 Å². The van der Waals surface area contributed by atoms with Crippen molar-refractivity contribution in [1.82, 2.24) is 19.9 Å². The number of aryl methyl sites for hydroxylation is 1. The molecule has 6 heteroatoms. The van der Waals surface area contributed by atoms with Gasteiger partial charge in [0.1, 0.15) is 0 Å². The molecule has 0 saturated heterocycles. The van der Waals surface area contributed by atoms with Gasteiger partial charge in [-0.1, -0.05) is 31.9 Å². The summed E-state index contributed by atoms with van der Waals surface area (Å²) in [4.78, 5) is 16.1. The molecule has 0 radical (unpaired) electrons. The minimum atomic E-state index is -0.782. The summed E-state index contributed by atoms with van der Waals surface area (Å²) in [5, 5.41) is 0. The summed E-state index contributed by atoms with van der Waals surface area (Å²) in [6, 6.07) is 7.62. The minimum absolute atomic E-state index is 0.343. The molecule has 2 heterocycles. The van der Waals surface area contributed by atoms with Crippen molar-refractivity contribution >= 4 is 0 Å². The van der Waals surface area contributed by atoms with Crippen LogP contribution < -0.4 is 0 Å². The Labute approximate surface area is 146 Å². The van der Waals surface area contributed by atoms with E-state index in [4.69, 9.17) is 0 Å². The smallest absolute Gasteiger partial charge is 0.197 e. The van der Waals surface area contributed by atoms with Crippen LogP contribution in [-0.2, 0) is 0 Å². The van der Waals surface area contributed by atoms with Crippen molar-refractivity contribution in [2.24, 2.45) is 5.92 Å². The van der Waals surface area contributed by atoms with Gasteiger partial charge in [-0.2, -0.15) is 0 Å². The third-order valence-electron chi connectivity index (χ3n) is 3.34. The molecule has 25 heavy (non-hydrogen) atoms. The fourth-order valence-corrected chi connectivity index (χ4v) is 1.61. The first kappa shape index (κ1) is 18.6. The molecular weight excluding hydrogens is 322 g/mol. The van der Waals surface area contributed by atoms with E-state index in [0.717, 1.165) is 12.0 Å². The highest BCUT2D eigenvalue weighted by Crippen LogP contribution is 2.26. The zero-order chi connectivity index (χ0) is 18.1. The van der Waals surface area contributed by atoms with Crippen molar-refractivity contribution in [3.8, 4) is 11.6 Å². The van der Waals surface area contributed by atoms with E-state index in [0.29, 0.717) is 17.2 Å². The van der Waals surface area contributed by atoms with Crippen LogP contribution in [0.15, 0.2) is 55.1 Å². The lowest BCUT2D eigenvalue weighted by Gasteiger charge is -1.93. The standard InChI is InChI=1S/C8H6N4.C7H6F2.C4H8/c1-3-9-7(10-4-1)8-11-5-2-6-12-8;1-5-3-2-4-6(8)7(5)9;1-4-2-3-4/h1-6H;2-4H,1H3;4H,2-3H2,1H3. The molecule has 3 aromatic rings. The topological polar surface area (TPSA) is 51.6 Å². The molecule has 0 unspecified atom stereocenters. The molecule has 1 saturated carbocycles. The van der Waals surface area contributed by atoms with Gasteiger partial charge in [-0.25, -0.2) is 28.7 Å². The number of nitrogens with zero attached hydrogens (tertiary/aromatic N) is 4. The monoisotopic (exact) mass is 342 g/mol. The molecule has 0 aliphatic heterocycles. The van der Waals surface area contributed by atoms with Crippen LogP contribution >= 0.6 is 0 Å². The van der Waals surface area contributed by atoms with Crippen molar-refractivity contribution < 1.29 is 8.78 Å². The maximum absolute atomic E-state index is 12.4. The van der Waals surface area contributed by atoms with Gasteiger partial charge in [0.15, 0.2) is 23.3 Å².